The van der Waals surface area contributed by atoms with Gasteiger partial charge in [0.15, 0.2) is 0 Å². The first kappa shape index (κ1) is 47.0. The lowest BCUT2D eigenvalue weighted by Crippen LogP contribution is -2.59. The number of hydrogen-bond acceptors (Lipinski definition) is 8. The number of nitrogens with zero attached hydrogens (tertiary/aromatic N) is 4. The van der Waals surface area contributed by atoms with Crippen LogP contribution in [0.2, 0.25) is 0 Å². The molecule has 0 spiro atoms. The van der Waals surface area contributed by atoms with Crippen molar-refractivity contribution in [2.75, 3.05) is 54.6 Å². The van der Waals surface area contributed by atoms with Crippen LogP contribution < -0.4 is 10.6 Å². The van der Waals surface area contributed by atoms with Gasteiger partial charge in [0, 0.05) is 53.7 Å². The average molecular weight is 775 g/mol. The minimum absolute atomic E-state index is 0.0122. The molecule has 12 nitrogen and oxygen atoms in total. The van der Waals surface area contributed by atoms with Crippen LogP contribution in [0.5, 0.6) is 0 Å². The zero-order chi connectivity index (χ0) is 40.7. The summed E-state index contributed by atoms with van der Waals surface area (Å²) in [5.74, 6) is -0.404. The van der Waals surface area contributed by atoms with Crippen molar-refractivity contribution in [2.24, 2.45) is 17.8 Å². The number of nitrogens with one attached hydrogen (secondary N) is 2. The number of hydrogen-bond donors (Lipinski definition) is 2. The van der Waals surface area contributed by atoms with Crippen molar-refractivity contribution in [2.45, 2.75) is 122 Å². The molecule has 0 aliphatic carbocycles. The molecule has 1 aliphatic heterocycles. The zero-order valence-corrected chi connectivity index (χ0v) is 35.9. The highest BCUT2D eigenvalue weighted by atomic mass is 32.2. The van der Waals surface area contributed by atoms with E-state index in [2.05, 4.69) is 24.5 Å². The first-order chi connectivity index (χ1) is 25.4. The minimum Gasteiger partial charge on any atom is -0.379 e. The van der Waals surface area contributed by atoms with Crippen LogP contribution >= 0.6 is 11.8 Å². The molecule has 2 rings (SSSR count). The molecule has 54 heavy (non-hydrogen) atoms. The Kier molecular flexibility index (Phi) is 20.0. The summed E-state index contributed by atoms with van der Waals surface area (Å²) in [4.78, 5) is 74.2. The number of benzene rings is 1. The third-order valence-corrected chi connectivity index (χ3v) is 11.8. The maximum atomic E-state index is 14.2. The molecule has 0 radical (unpaired) electrons. The maximum Gasteiger partial charge on any atom is 0.245 e. The summed E-state index contributed by atoms with van der Waals surface area (Å²) < 4.78 is 6.01. The standard InChI is InChI=1S/C41H70N6O6S/c1-13-29(6)39(46(11)41(52)37(27(2)3)43-40(51)38(28(4)5)45(9)10)32(53-12)25-35(49)47-23-17-20-31(47)21-22-33(48)42-34(54-26-36(50)44(7)8)24-30-18-15-14-16-19-30/h14-16,18-19,27-29,31-32,34,37-39H,13,17,20-26H2,1-12H3,(H,42,48)(H,43,51). The fourth-order valence-electron chi connectivity index (χ4n) is 7.42. The molecule has 0 saturated carbocycles. The molecule has 7 unspecified atom stereocenters. The lowest BCUT2D eigenvalue weighted by atomic mass is 9.89. The average Bonchev–Trinajstić information content (AvgIpc) is 3.59. The van der Waals surface area contributed by atoms with E-state index in [0.29, 0.717) is 19.4 Å². The van der Waals surface area contributed by atoms with Gasteiger partial charge >= 0.3 is 0 Å². The fourth-order valence-corrected chi connectivity index (χ4v) is 8.55. The predicted molar refractivity (Wildman–Crippen MR) is 218 cm³/mol. The molecule has 0 bridgehead atoms. The summed E-state index contributed by atoms with van der Waals surface area (Å²) >= 11 is 1.42. The van der Waals surface area contributed by atoms with Crippen molar-refractivity contribution in [1.82, 2.24) is 30.2 Å². The van der Waals surface area contributed by atoms with E-state index in [9.17, 15) is 24.0 Å². The summed E-state index contributed by atoms with van der Waals surface area (Å²) in [5.41, 5.74) is 1.07. The lowest BCUT2D eigenvalue weighted by molar-refractivity contribution is -0.146. The Bertz CT molecular complexity index is 1340. The Hall–Kier alpha value is -3.16. The Morgan fingerprint density at radius 2 is 1.59 bits per heavy atom. The summed E-state index contributed by atoms with van der Waals surface area (Å²) in [6.07, 6.45) is 3.33. The van der Waals surface area contributed by atoms with Gasteiger partial charge in [0.1, 0.15) is 6.04 Å². The number of rotatable bonds is 22. The number of carbonyl (C=O) groups is 5. The monoisotopic (exact) mass is 775 g/mol. The normalized spacial score (nSPS) is 17.8. The van der Waals surface area contributed by atoms with E-state index in [4.69, 9.17) is 4.74 Å². The number of amides is 5. The van der Waals surface area contributed by atoms with E-state index >= 15 is 0 Å². The van der Waals surface area contributed by atoms with Crippen molar-refractivity contribution in [3.63, 3.8) is 0 Å². The molecule has 7 atom stereocenters. The van der Waals surface area contributed by atoms with E-state index in [1.165, 1.54) is 11.8 Å². The topological polar surface area (TPSA) is 132 Å². The van der Waals surface area contributed by atoms with Gasteiger partial charge in [-0.25, -0.2) is 0 Å². The lowest BCUT2D eigenvalue weighted by Gasteiger charge is -2.40. The number of carbonyl (C=O) groups excluding carboxylic acids is 5. The van der Waals surface area contributed by atoms with E-state index < -0.39 is 18.2 Å². The molecule has 1 aromatic rings. The van der Waals surface area contributed by atoms with Crippen molar-refractivity contribution >= 4 is 41.3 Å². The Labute approximate surface area is 329 Å². The van der Waals surface area contributed by atoms with Gasteiger partial charge in [-0.2, -0.15) is 0 Å². The van der Waals surface area contributed by atoms with Crippen LogP contribution in [-0.4, -0.2) is 139 Å². The highest BCUT2D eigenvalue weighted by Crippen LogP contribution is 2.27. The van der Waals surface area contributed by atoms with Gasteiger partial charge in [0.05, 0.1) is 35.7 Å². The van der Waals surface area contributed by atoms with Gasteiger partial charge in [-0.1, -0.05) is 78.3 Å². The van der Waals surface area contributed by atoms with Crippen molar-refractivity contribution in [3.05, 3.63) is 35.9 Å². The quantitative estimate of drug-likeness (QED) is 0.167. The van der Waals surface area contributed by atoms with Crippen LogP contribution in [0.4, 0.5) is 0 Å². The van der Waals surface area contributed by atoms with Crippen molar-refractivity contribution < 1.29 is 28.7 Å². The molecule has 1 heterocycles. The second kappa shape index (κ2) is 23.0. The molecule has 2 N–H and O–H groups in total. The second-order valence-corrected chi connectivity index (χ2v) is 17.1. The second-order valence-electron chi connectivity index (χ2n) is 16.0. The SMILES string of the molecule is CCC(C)C(C(CC(=O)N1CCCC1CCC(=O)NC(Cc1ccccc1)SCC(=O)N(C)C)OC)N(C)C(=O)C(NC(=O)C(C(C)C)N(C)C)C(C)C. The van der Waals surface area contributed by atoms with E-state index in [1.807, 2.05) is 81.9 Å². The van der Waals surface area contributed by atoms with Crippen LogP contribution in [-0.2, 0) is 35.1 Å². The Balaban J connectivity index is 2.14. The van der Waals surface area contributed by atoms with E-state index in [1.54, 1.807) is 38.1 Å². The van der Waals surface area contributed by atoms with Crippen molar-refractivity contribution in [1.29, 1.82) is 0 Å². The smallest absolute Gasteiger partial charge is 0.245 e. The molecule has 1 saturated heterocycles. The summed E-state index contributed by atoms with van der Waals surface area (Å²) in [6, 6.07) is 8.28. The Morgan fingerprint density at radius 3 is 2.13 bits per heavy atom. The predicted octanol–water partition coefficient (Wildman–Crippen LogP) is 4.27. The number of ether oxygens (including phenoxy) is 1. The van der Waals surface area contributed by atoms with Crippen LogP contribution in [0.1, 0.15) is 85.6 Å². The molecule has 1 fully saturated rings. The summed E-state index contributed by atoms with van der Waals surface area (Å²) in [7, 11) is 10.5. The fraction of sp³-hybridized carbons (Fsp3) is 0.732. The van der Waals surface area contributed by atoms with Gasteiger partial charge in [0.25, 0.3) is 0 Å². The van der Waals surface area contributed by atoms with Crippen LogP contribution in [0.25, 0.3) is 0 Å². The van der Waals surface area contributed by atoms with Crippen molar-refractivity contribution in [3.8, 4) is 0 Å². The highest BCUT2D eigenvalue weighted by Gasteiger charge is 2.40. The number of methoxy groups -OCH3 is 1. The third-order valence-electron chi connectivity index (χ3n) is 10.7. The molecule has 1 aliphatic rings. The largest absolute Gasteiger partial charge is 0.379 e. The van der Waals surface area contributed by atoms with E-state index in [-0.39, 0.29) is 83.3 Å². The first-order valence-corrected chi connectivity index (χ1v) is 20.7. The van der Waals surface area contributed by atoms with Gasteiger partial charge in [0.2, 0.25) is 29.5 Å². The number of likely N-dealkylation sites (N-methyl/N-ethyl adjacent to an activating group) is 2. The molecule has 306 valence electrons. The first-order valence-electron chi connectivity index (χ1n) is 19.6. The van der Waals surface area contributed by atoms with Gasteiger partial charge in [-0.05, 0) is 56.7 Å². The number of likely N-dealkylation sites (tertiary alicyclic amines) is 1. The highest BCUT2D eigenvalue weighted by molar-refractivity contribution is 8.00. The van der Waals surface area contributed by atoms with Gasteiger partial charge in [-0.3, -0.25) is 28.9 Å². The van der Waals surface area contributed by atoms with Crippen LogP contribution in [0, 0.1) is 17.8 Å². The zero-order valence-electron chi connectivity index (χ0n) is 35.1. The molecule has 13 heteroatoms. The Morgan fingerprint density at radius 1 is 0.944 bits per heavy atom. The van der Waals surface area contributed by atoms with Gasteiger partial charge < -0.3 is 30.1 Å². The maximum absolute atomic E-state index is 14.2. The molecule has 1 aromatic carbocycles. The molecule has 5 amide bonds. The van der Waals surface area contributed by atoms with E-state index in [0.717, 1.165) is 24.8 Å². The summed E-state index contributed by atoms with van der Waals surface area (Å²) in [5, 5.41) is 5.91. The van der Waals surface area contributed by atoms with Crippen LogP contribution in [0.15, 0.2) is 30.3 Å². The third kappa shape index (κ3) is 14.2. The molecular formula is C41H70N6O6S. The minimum atomic E-state index is -0.739. The molecule has 0 aromatic heterocycles. The van der Waals surface area contributed by atoms with Gasteiger partial charge in [-0.15, -0.1) is 11.8 Å². The molecular weight excluding hydrogens is 705 g/mol. The van der Waals surface area contributed by atoms with Crippen LogP contribution in [0.3, 0.4) is 0 Å². The number of thioether (sulfide) groups is 1. The summed E-state index contributed by atoms with van der Waals surface area (Å²) in [6.45, 7) is 12.5.